The van der Waals surface area contributed by atoms with Crippen LogP contribution in [-0.4, -0.2) is 4.98 Å². The summed E-state index contributed by atoms with van der Waals surface area (Å²) in [5.74, 6) is 0. The second kappa shape index (κ2) is 5.58. The van der Waals surface area contributed by atoms with E-state index in [0.29, 0.717) is 26.3 Å². The third kappa shape index (κ3) is 2.59. The molecular formula is C13H7Cl3N2. The van der Waals surface area contributed by atoms with E-state index in [4.69, 9.17) is 40.1 Å². The van der Waals surface area contributed by atoms with Gasteiger partial charge in [-0.1, -0.05) is 40.9 Å². The number of hydrogen-bond donors (Lipinski definition) is 0. The summed E-state index contributed by atoms with van der Waals surface area (Å²) in [5, 5.41) is 10.1. The number of halogens is 3. The molecule has 5 heteroatoms. The Bertz CT molecular complexity index is 609. The van der Waals surface area contributed by atoms with Crippen LogP contribution in [0.25, 0.3) is 11.3 Å². The first-order valence-corrected chi connectivity index (χ1v) is 6.22. The molecule has 0 saturated heterocycles. The minimum atomic E-state index is 0.248. The number of pyridine rings is 1. The van der Waals surface area contributed by atoms with Crippen molar-refractivity contribution in [2.45, 2.75) is 6.42 Å². The molecule has 0 spiro atoms. The van der Waals surface area contributed by atoms with Crippen LogP contribution in [0, 0.1) is 11.3 Å². The standard InChI is InChI=1S/C13H7Cl3N2/c14-9-6-10(15)12(11(16)7-9)13-8(3-4-17)2-1-5-18-13/h1-2,5-7H,3H2. The Kier molecular flexibility index (Phi) is 4.08. The first kappa shape index (κ1) is 13.2. The molecule has 0 N–H and O–H groups in total. The highest BCUT2D eigenvalue weighted by Gasteiger charge is 2.14. The molecule has 0 aliphatic rings. The fourth-order valence-corrected chi connectivity index (χ4v) is 2.66. The average molecular weight is 298 g/mol. The van der Waals surface area contributed by atoms with Crippen molar-refractivity contribution in [3.63, 3.8) is 0 Å². The molecule has 2 aromatic rings. The maximum absolute atomic E-state index is 8.81. The van der Waals surface area contributed by atoms with Crippen molar-refractivity contribution in [2.24, 2.45) is 0 Å². The molecule has 0 radical (unpaired) electrons. The van der Waals surface area contributed by atoms with E-state index in [-0.39, 0.29) is 6.42 Å². The molecule has 2 rings (SSSR count). The molecule has 1 aromatic carbocycles. The van der Waals surface area contributed by atoms with E-state index >= 15 is 0 Å². The molecule has 1 heterocycles. The van der Waals surface area contributed by atoms with E-state index in [0.717, 1.165) is 5.56 Å². The van der Waals surface area contributed by atoms with Crippen LogP contribution >= 0.6 is 34.8 Å². The van der Waals surface area contributed by atoms with Gasteiger partial charge in [0.25, 0.3) is 0 Å². The van der Waals surface area contributed by atoms with Gasteiger partial charge in [0.2, 0.25) is 0 Å². The van der Waals surface area contributed by atoms with Crippen LogP contribution in [0.5, 0.6) is 0 Å². The Balaban J connectivity index is 2.66. The summed E-state index contributed by atoms with van der Waals surface area (Å²) >= 11 is 18.2. The van der Waals surface area contributed by atoms with Gasteiger partial charge in [-0.2, -0.15) is 5.26 Å². The zero-order valence-electron chi connectivity index (χ0n) is 9.12. The normalized spacial score (nSPS) is 10.1. The van der Waals surface area contributed by atoms with E-state index < -0.39 is 0 Å². The van der Waals surface area contributed by atoms with Crippen LogP contribution in [-0.2, 0) is 6.42 Å². The summed E-state index contributed by atoms with van der Waals surface area (Å²) in [4.78, 5) is 4.26. The van der Waals surface area contributed by atoms with Crippen molar-refractivity contribution in [3.8, 4) is 17.3 Å². The van der Waals surface area contributed by atoms with Crippen LogP contribution in [0.4, 0.5) is 0 Å². The third-order valence-electron chi connectivity index (χ3n) is 2.40. The first-order valence-electron chi connectivity index (χ1n) is 5.09. The molecule has 0 bridgehead atoms. The maximum Gasteiger partial charge on any atom is 0.0774 e. The third-order valence-corrected chi connectivity index (χ3v) is 3.22. The van der Waals surface area contributed by atoms with E-state index in [1.165, 1.54) is 0 Å². The topological polar surface area (TPSA) is 36.7 Å². The minimum absolute atomic E-state index is 0.248. The van der Waals surface area contributed by atoms with Crippen molar-refractivity contribution >= 4 is 34.8 Å². The average Bonchev–Trinajstić information content (AvgIpc) is 2.30. The molecule has 90 valence electrons. The molecule has 0 atom stereocenters. The van der Waals surface area contributed by atoms with Gasteiger partial charge in [0.1, 0.15) is 0 Å². The summed E-state index contributed by atoms with van der Waals surface area (Å²) in [5.41, 5.74) is 2.01. The van der Waals surface area contributed by atoms with Crippen LogP contribution in [0.15, 0.2) is 30.5 Å². The molecular weight excluding hydrogens is 291 g/mol. The van der Waals surface area contributed by atoms with Gasteiger partial charge in [0.05, 0.1) is 28.2 Å². The van der Waals surface area contributed by atoms with Crippen molar-refractivity contribution in [1.29, 1.82) is 5.26 Å². The number of nitriles is 1. The Morgan fingerprint density at radius 2 is 1.83 bits per heavy atom. The molecule has 2 nitrogen and oxygen atoms in total. The first-order chi connectivity index (χ1) is 8.63. The highest BCUT2D eigenvalue weighted by Crippen LogP contribution is 2.37. The van der Waals surface area contributed by atoms with Crippen molar-refractivity contribution in [2.75, 3.05) is 0 Å². The second-order valence-corrected chi connectivity index (χ2v) is 4.84. The van der Waals surface area contributed by atoms with Crippen LogP contribution in [0.1, 0.15) is 5.56 Å². The lowest BCUT2D eigenvalue weighted by Gasteiger charge is -2.10. The highest BCUT2D eigenvalue weighted by molar-refractivity contribution is 6.41. The Labute approximate surface area is 120 Å². The molecule has 1 aromatic heterocycles. The fraction of sp³-hybridized carbons (Fsp3) is 0.0769. The monoisotopic (exact) mass is 296 g/mol. The molecule has 0 unspecified atom stereocenters. The largest absolute Gasteiger partial charge is 0.256 e. The Morgan fingerprint density at radius 3 is 2.44 bits per heavy atom. The SMILES string of the molecule is N#CCc1cccnc1-c1c(Cl)cc(Cl)cc1Cl. The quantitative estimate of drug-likeness (QED) is 0.800. The second-order valence-electron chi connectivity index (χ2n) is 3.59. The lowest BCUT2D eigenvalue weighted by molar-refractivity contribution is 1.20. The van der Waals surface area contributed by atoms with E-state index in [1.807, 2.05) is 6.07 Å². The summed E-state index contributed by atoms with van der Waals surface area (Å²) in [7, 11) is 0. The molecule has 0 fully saturated rings. The highest BCUT2D eigenvalue weighted by atomic mass is 35.5. The van der Waals surface area contributed by atoms with Gasteiger partial charge in [-0.25, -0.2) is 0 Å². The van der Waals surface area contributed by atoms with Crippen molar-refractivity contribution in [1.82, 2.24) is 4.98 Å². The number of nitrogens with zero attached hydrogens (tertiary/aromatic N) is 2. The Hall–Kier alpha value is -1.27. The molecule has 0 amide bonds. The lowest BCUT2D eigenvalue weighted by Crippen LogP contribution is -1.93. The van der Waals surface area contributed by atoms with Gasteiger partial charge in [0.15, 0.2) is 0 Å². The van der Waals surface area contributed by atoms with Crippen LogP contribution in [0.2, 0.25) is 15.1 Å². The number of hydrogen-bond acceptors (Lipinski definition) is 2. The number of aromatic nitrogens is 1. The summed E-state index contributed by atoms with van der Waals surface area (Å²) in [6.45, 7) is 0. The van der Waals surface area contributed by atoms with Crippen molar-refractivity contribution < 1.29 is 0 Å². The zero-order chi connectivity index (χ0) is 13.1. The molecule has 0 aliphatic carbocycles. The minimum Gasteiger partial charge on any atom is -0.256 e. The fourth-order valence-electron chi connectivity index (χ4n) is 1.66. The van der Waals surface area contributed by atoms with Gasteiger partial charge in [0, 0.05) is 16.8 Å². The lowest BCUT2D eigenvalue weighted by atomic mass is 10.0. The molecule has 0 aliphatic heterocycles. The van der Waals surface area contributed by atoms with Crippen LogP contribution in [0.3, 0.4) is 0 Å². The van der Waals surface area contributed by atoms with E-state index in [9.17, 15) is 0 Å². The smallest absolute Gasteiger partial charge is 0.0774 e. The maximum atomic E-state index is 8.81. The van der Waals surface area contributed by atoms with Crippen molar-refractivity contribution in [3.05, 3.63) is 51.1 Å². The van der Waals surface area contributed by atoms with Crippen LogP contribution < -0.4 is 0 Å². The van der Waals surface area contributed by atoms with Gasteiger partial charge in [-0.05, 0) is 23.8 Å². The zero-order valence-corrected chi connectivity index (χ0v) is 11.4. The molecule has 18 heavy (non-hydrogen) atoms. The summed E-state index contributed by atoms with van der Waals surface area (Å²) < 4.78 is 0. The number of rotatable bonds is 2. The predicted molar refractivity (Wildman–Crippen MR) is 74.0 cm³/mol. The molecule has 0 saturated carbocycles. The van der Waals surface area contributed by atoms with Gasteiger partial charge >= 0.3 is 0 Å². The van der Waals surface area contributed by atoms with Gasteiger partial charge < -0.3 is 0 Å². The summed E-state index contributed by atoms with van der Waals surface area (Å²) in [6.07, 6.45) is 1.88. The predicted octanol–water partition coefficient (Wildman–Crippen LogP) is 4.77. The van der Waals surface area contributed by atoms with E-state index in [2.05, 4.69) is 11.1 Å². The van der Waals surface area contributed by atoms with E-state index in [1.54, 1.807) is 24.4 Å². The Morgan fingerprint density at radius 1 is 1.17 bits per heavy atom. The van der Waals surface area contributed by atoms with Gasteiger partial charge in [-0.15, -0.1) is 0 Å². The summed E-state index contributed by atoms with van der Waals surface area (Å²) in [6, 6.07) is 8.90. The van der Waals surface area contributed by atoms with Gasteiger partial charge in [-0.3, -0.25) is 4.98 Å². The number of benzene rings is 1.